The molecule has 0 aliphatic carbocycles. The fourth-order valence-electron chi connectivity index (χ4n) is 3.17. The molecule has 3 rings (SSSR count). The minimum absolute atomic E-state index is 0.140. The summed E-state index contributed by atoms with van der Waals surface area (Å²) in [6.07, 6.45) is 0.268. The third-order valence-electron chi connectivity index (χ3n) is 4.51. The Labute approximate surface area is 179 Å². The first-order valence-corrected chi connectivity index (χ1v) is 10.4. The number of aryl methyl sites for hydroxylation is 2. The minimum Gasteiger partial charge on any atom is -0.480 e. The maximum absolute atomic E-state index is 12.9. The molecule has 8 nitrogen and oxygen atoms in total. The highest BCUT2D eigenvalue weighted by Gasteiger charge is 2.21. The van der Waals surface area contributed by atoms with E-state index in [9.17, 15) is 19.2 Å². The van der Waals surface area contributed by atoms with Crippen LogP contribution in [0.3, 0.4) is 0 Å². The zero-order valence-corrected chi connectivity index (χ0v) is 17.7. The molecule has 0 aliphatic heterocycles. The molecule has 2 heterocycles. The Morgan fingerprint density at radius 1 is 1.17 bits per heavy atom. The van der Waals surface area contributed by atoms with Gasteiger partial charge < -0.3 is 9.84 Å². The SMILES string of the molecule is CCOC(=O)Cc1csc2c1c(=O)n(CC(=O)O)c(=O)n2CCc1ccccc1Cl. The molecular weight excluding hydrogens is 432 g/mol. The van der Waals surface area contributed by atoms with E-state index in [0.29, 0.717) is 26.4 Å². The van der Waals surface area contributed by atoms with E-state index < -0.39 is 29.7 Å². The molecule has 0 spiro atoms. The second-order valence-electron chi connectivity index (χ2n) is 6.48. The van der Waals surface area contributed by atoms with Crippen LogP contribution in [0.15, 0.2) is 39.2 Å². The van der Waals surface area contributed by atoms with E-state index in [1.54, 1.807) is 24.4 Å². The molecule has 0 bridgehead atoms. The molecule has 0 amide bonds. The molecule has 0 saturated heterocycles. The van der Waals surface area contributed by atoms with Gasteiger partial charge >= 0.3 is 17.6 Å². The number of halogens is 1. The highest BCUT2D eigenvalue weighted by molar-refractivity contribution is 7.17. The van der Waals surface area contributed by atoms with Crippen molar-refractivity contribution in [3.8, 4) is 0 Å². The summed E-state index contributed by atoms with van der Waals surface area (Å²) in [6, 6.07) is 7.19. The van der Waals surface area contributed by atoms with Crippen LogP contribution in [0, 0.1) is 0 Å². The summed E-state index contributed by atoms with van der Waals surface area (Å²) in [5.41, 5.74) is -0.221. The summed E-state index contributed by atoms with van der Waals surface area (Å²) in [4.78, 5) is 49.4. The van der Waals surface area contributed by atoms with Crippen molar-refractivity contribution in [3.63, 3.8) is 0 Å². The maximum Gasteiger partial charge on any atom is 0.332 e. The van der Waals surface area contributed by atoms with Crippen molar-refractivity contribution in [2.24, 2.45) is 0 Å². The van der Waals surface area contributed by atoms with Gasteiger partial charge in [-0.3, -0.25) is 19.0 Å². The number of rotatable bonds is 8. The van der Waals surface area contributed by atoms with Crippen LogP contribution >= 0.6 is 22.9 Å². The fraction of sp³-hybridized carbons (Fsp3) is 0.300. The lowest BCUT2D eigenvalue weighted by molar-refractivity contribution is -0.142. The van der Waals surface area contributed by atoms with Gasteiger partial charge in [-0.05, 0) is 35.9 Å². The van der Waals surface area contributed by atoms with Gasteiger partial charge in [0, 0.05) is 11.6 Å². The van der Waals surface area contributed by atoms with Crippen LogP contribution in [0.2, 0.25) is 5.02 Å². The molecule has 30 heavy (non-hydrogen) atoms. The number of thiophene rings is 1. The summed E-state index contributed by atoms with van der Waals surface area (Å²) in [7, 11) is 0. The van der Waals surface area contributed by atoms with Gasteiger partial charge in [0.05, 0.1) is 18.4 Å². The van der Waals surface area contributed by atoms with Crippen LogP contribution in [0.4, 0.5) is 0 Å². The molecule has 0 saturated carbocycles. The Kier molecular flexibility index (Phi) is 6.73. The lowest BCUT2D eigenvalue weighted by atomic mass is 10.1. The maximum atomic E-state index is 12.9. The van der Waals surface area contributed by atoms with E-state index in [-0.39, 0.29) is 25.0 Å². The van der Waals surface area contributed by atoms with E-state index in [2.05, 4.69) is 0 Å². The van der Waals surface area contributed by atoms with E-state index in [0.717, 1.165) is 16.9 Å². The van der Waals surface area contributed by atoms with Crippen LogP contribution in [0.1, 0.15) is 18.1 Å². The van der Waals surface area contributed by atoms with Gasteiger partial charge in [-0.15, -0.1) is 11.3 Å². The van der Waals surface area contributed by atoms with Gasteiger partial charge in [-0.25, -0.2) is 9.36 Å². The average Bonchev–Trinajstić information content (AvgIpc) is 3.09. The number of esters is 1. The van der Waals surface area contributed by atoms with Crippen LogP contribution in [-0.2, 0) is 40.3 Å². The summed E-state index contributed by atoms with van der Waals surface area (Å²) >= 11 is 7.35. The number of carboxylic acid groups (broad SMARTS) is 1. The van der Waals surface area contributed by atoms with Crippen molar-refractivity contribution >= 4 is 45.1 Å². The molecule has 2 aromatic heterocycles. The molecule has 0 fully saturated rings. The van der Waals surface area contributed by atoms with Crippen molar-refractivity contribution in [2.45, 2.75) is 32.9 Å². The molecule has 0 atom stereocenters. The number of aromatic nitrogens is 2. The van der Waals surface area contributed by atoms with Gasteiger partial charge in [-0.1, -0.05) is 29.8 Å². The predicted molar refractivity (Wildman–Crippen MR) is 113 cm³/mol. The molecule has 0 aliphatic rings. The number of ether oxygens (including phenoxy) is 1. The van der Waals surface area contributed by atoms with Gasteiger partial charge in [0.15, 0.2) is 0 Å². The number of hydrogen-bond donors (Lipinski definition) is 1. The van der Waals surface area contributed by atoms with Gasteiger partial charge in [0.25, 0.3) is 5.56 Å². The number of fused-ring (bicyclic) bond motifs is 1. The smallest absolute Gasteiger partial charge is 0.332 e. The Bertz CT molecular complexity index is 1230. The lowest BCUT2D eigenvalue weighted by Crippen LogP contribution is -2.41. The first kappa shape index (κ1) is 21.8. The van der Waals surface area contributed by atoms with Crippen LogP contribution in [-0.4, -0.2) is 32.8 Å². The molecule has 1 aromatic carbocycles. The van der Waals surface area contributed by atoms with E-state index in [4.69, 9.17) is 21.4 Å². The number of carbonyl (C=O) groups excluding carboxylic acids is 1. The molecule has 3 aromatic rings. The summed E-state index contributed by atoms with van der Waals surface area (Å²) in [6.45, 7) is 1.30. The largest absolute Gasteiger partial charge is 0.480 e. The standard InChI is InChI=1S/C20H19ClN2O6S/c1-2-29-16(26)9-13-11-30-19-17(13)18(27)23(10-15(24)25)20(28)22(19)8-7-12-5-3-4-6-14(12)21/h3-6,11H,2,7-10H2,1H3,(H,24,25). The second-order valence-corrected chi connectivity index (χ2v) is 7.75. The summed E-state index contributed by atoms with van der Waals surface area (Å²) in [5.74, 6) is -1.82. The molecule has 158 valence electrons. The Morgan fingerprint density at radius 2 is 1.90 bits per heavy atom. The minimum atomic E-state index is -1.31. The Morgan fingerprint density at radius 3 is 2.57 bits per heavy atom. The normalized spacial score (nSPS) is 11.0. The van der Waals surface area contributed by atoms with E-state index in [1.807, 2.05) is 12.1 Å². The Balaban J connectivity index is 2.12. The highest BCUT2D eigenvalue weighted by atomic mass is 35.5. The first-order valence-electron chi connectivity index (χ1n) is 9.18. The van der Waals surface area contributed by atoms with Crippen molar-refractivity contribution in [3.05, 3.63) is 66.6 Å². The number of carbonyl (C=O) groups is 2. The van der Waals surface area contributed by atoms with Crippen molar-refractivity contribution in [1.82, 2.24) is 9.13 Å². The van der Waals surface area contributed by atoms with Gasteiger partial charge in [-0.2, -0.15) is 0 Å². The summed E-state index contributed by atoms with van der Waals surface area (Å²) in [5, 5.41) is 11.5. The topological polar surface area (TPSA) is 108 Å². The summed E-state index contributed by atoms with van der Waals surface area (Å²) < 4.78 is 6.99. The van der Waals surface area contributed by atoms with Crippen molar-refractivity contribution in [2.75, 3.05) is 6.61 Å². The third-order valence-corrected chi connectivity index (χ3v) is 5.93. The molecule has 10 heteroatoms. The monoisotopic (exact) mass is 450 g/mol. The number of aliphatic carboxylic acids is 1. The lowest BCUT2D eigenvalue weighted by Gasteiger charge is -2.12. The van der Waals surface area contributed by atoms with Crippen LogP contribution in [0.25, 0.3) is 10.2 Å². The third kappa shape index (κ3) is 4.47. The number of benzene rings is 1. The molecule has 0 radical (unpaired) electrons. The number of carboxylic acids is 1. The number of nitrogens with zero attached hydrogens (tertiary/aromatic N) is 2. The number of hydrogen-bond acceptors (Lipinski definition) is 6. The van der Waals surface area contributed by atoms with Gasteiger partial charge in [0.2, 0.25) is 0 Å². The van der Waals surface area contributed by atoms with Crippen molar-refractivity contribution in [1.29, 1.82) is 0 Å². The van der Waals surface area contributed by atoms with Gasteiger partial charge in [0.1, 0.15) is 11.4 Å². The molecule has 0 unspecified atom stereocenters. The zero-order valence-electron chi connectivity index (χ0n) is 16.1. The quantitative estimate of drug-likeness (QED) is 0.528. The molecule has 1 N–H and O–H groups in total. The Hall–Kier alpha value is -2.91. The predicted octanol–water partition coefficient (Wildman–Crippen LogP) is 2.31. The van der Waals surface area contributed by atoms with E-state index >= 15 is 0 Å². The van der Waals surface area contributed by atoms with Crippen LogP contribution in [0.5, 0.6) is 0 Å². The van der Waals surface area contributed by atoms with Crippen molar-refractivity contribution < 1.29 is 19.4 Å². The highest BCUT2D eigenvalue weighted by Crippen LogP contribution is 2.24. The van der Waals surface area contributed by atoms with Crippen LogP contribution < -0.4 is 11.2 Å². The molecular formula is C20H19ClN2O6S. The fourth-order valence-corrected chi connectivity index (χ4v) is 4.48. The van der Waals surface area contributed by atoms with E-state index in [1.165, 1.54) is 4.57 Å². The zero-order chi connectivity index (χ0) is 21.8. The second kappa shape index (κ2) is 9.27. The first-order chi connectivity index (χ1) is 14.3. The average molecular weight is 451 g/mol.